The lowest BCUT2D eigenvalue weighted by Crippen LogP contribution is -2.41. The number of nitrogens with zero attached hydrogens (tertiary/aromatic N) is 2. The second-order valence-electron chi connectivity index (χ2n) is 5.85. The van der Waals surface area contributed by atoms with E-state index in [4.69, 9.17) is 11.8 Å². The van der Waals surface area contributed by atoms with E-state index in [0.29, 0.717) is 11.6 Å². The van der Waals surface area contributed by atoms with Crippen LogP contribution < -0.4 is 9.74 Å². The SMILES string of the molecule is Cc1cc(F)c(Br)nc1N(Cl)C(=O)[C@@H]1C[C@@]2(C)C[C@H]2N1. The Bertz CT molecular complexity index is 599. The van der Waals surface area contributed by atoms with E-state index in [0.717, 1.165) is 17.3 Å². The van der Waals surface area contributed by atoms with Gasteiger partial charge < -0.3 is 5.32 Å². The summed E-state index contributed by atoms with van der Waals surface area (Å²) in [7, 11) is 0. The molecule has 2 heterocycles. The zero-order valence-electron chi connectivity index (χ0n) is 11.1. The third kappa shape index (κ3) is 2.23. The van der Waals surface area contributed by atoms with Gasteiger partial charge in [0.2, 0.25) is 0 Å². The summed E-state index contributed by atoms with van der Waals surface area (Å²) in [6.45, 7) is 3.83. The Morgan fingerprint density at radius 3 is 2.95 bits per heavy atom. The highest BCUT2D eigenvalue weighted by Gasteiger charge is 2.58. The van der Waals surface area contributed by atoms with Crippen LogP contribution in [0.15, 0.2) is 10.7 Å². The van der Waals surface area contributed by atoms with Gasteiger partial charge in [0.1, 0.15) is 4.60 Å². The Kier molecular flexibility index (Phi) is 3.30. The van der Waals surface area contributed by atoms with Crippen LogP contribution in [0.5, 0.6) is 0 Å². The Hall–Kier alpha value is -0.720. The molecule has 1 N–H and O–H groups in total. The van der Waals surface area contributed by atoms with Gasteiger partial charge >= 0.3 is 0 Å². The fraction of sp³-hybridized carbons (Fsp3) is 0.538. The summed E-state index contributed by atoms with van der Waals surface area (Å²) in [6.07, 6.45) is 1.89. The van der Waals surface area contributed by atoms with Crippen LogP contribution in [0.25, 0.3) is 0 Å². The standard InChI is InChI=1S/C13H14BrClFN3O/c1-6-3-7(16)10(14)18-11(6)19(15)12(20)8-4-13(2)5-9(13)17-8/h3,8-9,17H,4-5H2,1-2H3/t8-,9+,13-/m0/s1. The maximum Gasteiger partial charge on any atom is 0.260 e. The van der Waals surface area contributed by atoms with Crippen molar-refractivity contribution in [1.29, 1.82) is 0 Å². The summed E-state index contributed by atoms with van der Waals surface area (Å²) in [4.78, 5) is 16.4. The van der Waals surface area contributed by atoms with Crippen LogP contribution in [0.1, 0.15) is 25.3 Å². The Labute approximate surface area is 129 Å². The molecule has 1 saturated heterocycles. The Balaban J connectivity index is 1.80. The van der Waals surface area contributed by atoms with Gasteiger partial charge in [-0.2, -0.15) is 0 Å². The highest BCUT2D eigenvalue weighted by Crippen LogP contribution is 2.54. The lowest BCUT2D eigenvalue weighted by Gasteiger charge is -2.21. The summed E-state index contributed by atoms with van der Waals surface area (Å²) in [5, 5.41) is 3.28. The van der Waals surface area contributed by atoms with Crippen molar-refractivity contribution < 1.29 is 9.18 Å². The molecule has 0 unspecified atom stereocenters. The molecule has 1 amide bonds. The lowest BCUT2D eigenvalue weighted by molar-refractivity contribution is -0.119. The Morgan fingerprint density at radius 2 is 2.35 bits per heavy atom. The van der Waals surface area contributed by atoms with E-state index in [-0.39, 0.29) is 27.8 Å². The van der Waals surface area contributed by atoms with Crippen molar-refractivity contribution >= 4 is 39.4 Å². The number of carbonyl (C=O) groups excluding carboxylic acids is 1. The number of nitrogens with one attached hydrogen (secondary N) is 1. The van der Waals surface area contributed by atoms with E-state index < -0.39 is 5.82 Å². The molecule has 20 heavy (non-hydrogen) atoms. The summed E-state index contributed by atoms with van der Waals surface area (Å²) in [5.41, 5.74) is 0.743. The minimum absolute atomic E-state index is 0.0470. The van der Waals surface area contributed by atoms with Gasteiger partial charge in [-0.15, -0.1) is 0 Å². The van der Waals surface area contributed by atoms with Crippen molar-refractivity contribution in [1.82, 2.24) is 10.3 Å². The first-order chi connectivity index (χ1) is 9.32. The molecule has 7 heteroatoms. The molecule has 3 rings (SSSR count). The summed E-state index contributed by atoms with van der Waals surface area (Å²) >= 11 is 9.12. The number of aromatic nitrogens is 1. The molecular formula is C13H14BrClFN3O. The fourth-order valence-corrected chi connectivity index (χ4v) is 3.38. The number of amides is 1. The minimum Gasteiger partial charge on any atom is -0.302 e. The van der Waals surface area contributed by atoms with E-state index in [1.807, 2.05) is 0 Å². The molecule has 1 aromatic rings. The monoisotopic (exact) mass is 361 g/mol. The maximum atomic E-state index is 13.4. The predicted octanol–water partition coefficient (Wildman–Crippen LogP) is 2.92. The first-order valence-corrected chi connectivity index (χ1v) is 7.53. The van der Waals surface area contributed by atoms with Crippen LogP contribution in [0.3, 0.4) is 0 Å². The third-order valence-corrected chi connectivity index (χ3v) is 5.08. The van der Waals surface area contributed by atoms with Gasteiger partial charge in [0, 0.05) is 17.8 Å². The molecule has 108 valence electrons. The zero-order chi connectivity index (χ0) is 14.7. The molecule has 3 atom stereocenters. The highest BCUT2D eigenvalue weighted by molar-refractivity contribution is 9.10. The van der Waals surface area contributed by atoms with E-state index in [1.54, 1.807) is 6.92 Å². The maximum absolute atomic E-state index is 13.4. The smallest absolute Gasteiger partial charge is 0.260 e. The van der Waals surface area contributed by atoms with Crippen molar-refractivity contribution in [3.8, 4) is 0 Å². The molecule has 1 saturated carbocycles. The molecule has 1 aliphatic carbocycles. The fourth-order valence-electron chi connectivity index (χ4n) is 2.81. The first kappa shape index (κ1) is 14.2. The van der Waals surface area contributed by atoms with Crippen LogP contribution in [0.4, 0.5) is 10.2 Å². The summed E-state index contributed by atoms with van der Waals surface area (Å²) < 4.78 is 14.4. The van der Waals surface area contributed by atoms with Gasteiger partial charge in [-0.05, 0) is 52.7 Å². The molecule has 2 aliphatic rings. The molecule has 0 bridgehead atoms. The number of hydrogen-bond acceptors (Lipinski definition) is 3. The van der Waals surface area contributed by atoms with E-state index in [9.17, 15) is 9.18 Å². The van der Waals surface area contributed by atoms with Crippen molar-refractivity contribution in [2.75, 3.05) is 4.42 Å². The molecule has 0 radical (unpaired) electrons. The largest absolute Gasteiger partial charge is 0.302 e. The van der Waals surface area contributed by atoms with Crippen LogP contribution >= 0.6 is 27.7 Å². The number of rotatable bonds is 2. The number of piperidine rings is 1. The average molecular weight is 363 g/mol. The minimum atomic E-state index is -0.475. The number of hydrogen-bond donors (Lipinski definition) is 1. The number of carbonyl (C=O) groups is 1. The number of fused-ring (bicyclic) bond motifs is 1. The second kappa shape index (κ2) is 4.64. The molecule has 0 aromatic carbocycles. The van der Waals surface area contributed by atoms with Gasteiger partial charge in [0.05, 0.1) is 6.04 Å². The number of anilines is 1. The van der Waals surface area contributed by atoms with Crippen LogP contribution in [-0.2, 0) is 4.79 Å². The van der Waals surface area contributed by atoms with Crippen LogP contribution in [-0.4, -0.2) is 23.0 Å². The predicted molar refractivity (Wildman–Crippen MR) is 78.0 cm³/mol. The molecule has 1 aromatic heterocycles. The molecule has 4 nitrogen and oxygen atoms in total. The van der Waals surface area contributed by atoms with Crippen LogP contribution in [0.2, 0.25) is 0 Å². The number of aryl methyl sites for hydroxylation is 1. The van der Waals surface area contributed by atoms with Gasteiger partial charge in [0.25, 0.3) is 5.91 Å². The number of pyridine rings is 1. The van der Waals surface area contributed by atoms with Gasteiger partial charge in [-0.25, -0.2) is 13.8 Å². The normalized spacial score (nSPS) is 31.1. The van der Waals surface area contributed by atoms with Gasteiger partial charge in [-0.3, -0.25) is 4.79 Å². The van der Waals surface area contributed by atoms with E-state index in [1.165, 1.54) is 6.07 Å². The second-order valence-corrected chi connectivity index (χ2v) is 6.94. The molecule has 2 fully saturated rings. The van der Waals surface area contributed by atoms with Crippen LogP contribution in [0, 0.1) is 18.2 Å². The van der Waals surface area contributed by atoms with Crippen molar-refractivity contribution in [3.05, 3.63) is 22.1 Å². The number of halogens is 3. The first-order valence-electron chi connectivity index (χ1n) is 6.40. The lowest BCUT2D eigenvalue weighted by atomic mass is 10.0. The van der Waals surface area contributed by atoms with Crippen molar-refractivity contribution in [3.63, 3.8) is 0 Å². The topological polar surface area (TPSA) is 45.2 Å². The molecule has 0 spiro atoms. The Morgan fingerprint density at radius 1 is 1.65 bits per heavy atom. The van der Waals surface area contributed by atoms with Gasteiger partial charge in [0.15, 0.2) is 11.6 Å². The van der Waals surface area contributed by atoms with Crippen molar-refractivity contribution in [2.24, 2.45) is 5.41 Å². The zero-order valence-corrected chi connectivity index (χ0v) is 13.4. The molecule has 1 aliphatic heterocycles. The quantitative estimate of drug-likeness (QED) is 0.650. The third-order valence-electron chi connectivity index (χ3n) is 4.20. The molecular weight excluding hydrogens is 349 g/mol. The summed E-state index contributed by atoms with van der Waals surface area (Å²) in [6, 6.07) is 1.42. The van der Waals surface area contributed by atoms with E-state index >= 15 is 0 Å². The van der Waals surface area contributed by atoms with Gasteiger partial charge in [-0.1, -0.05) is 6.92 Å². The van der Waals surface area contributed by atoms with Crippen molar-refractivity contribution in [2.45, 2.75) is 38.8 Å². The average Bonchev–Trinajstić information content (AvgIpc) is 2.90. The highest BCUT2D eigenvalue weighted by atomic mass is 79.9. The summed E-state index contributed by atoms with van der Waals surface area (Å²) in [5.74, 6) is -0.455. The van der Waals surface area contributed by atoms with E-state index in [2.05, 4.69) is 33.2 Å².